The Morgan fingerprint density at radius 1 is 0.545 bits per heavy atom. The predicted octanol–water partition coefficient (Wildman–Crippen LogP) is -0.927. The summed E-state index contributed by atoms with van der Waals surface area (Å²) in [6, 6.07) is 0. The number of hydrogen-bond donors (Lipinski definition) is 1. The van der Waals surface area contributed by atoms with Gasteiger partial charge in [-0.3, -0.25) is 0 Å². The zero-order valence-electron chi connectivity index (χ0n) is 22.5. The molecule has 0 aromatic rings. The molecule has 0 radical (unpaired) electrons. The molecule has 0 aliphatic carbocycles. The molecule has 0 aromatic heterocycles. The van der Waals surface area contributed by atoms with Crippen LogP contribution in [0.2, 0.25) is 0 Å². The van der Waals surface area contributed by atoms with Crippen LogP contribution in [-0.4, -0.2) is 23.1 Å². The Morgan fingerprint density at radius 3 is 1.15 bits per heavy atom. The molecule has 0 bridgehead atoms. The summed E-state index contributed by atoms with van der Waals surface area (Å²) in [5, 5.41) is 30.0. The Labute approximate surface area is 228 Å². The molecule has 0 aromatic carbocycles. The molecule has 0 heterocycles. The Hall–Kier alpha value is 0.0948. The van der Waals surface area contributed by atoms with Gasteiger partial charge in [0.1, 0.15) is 0 Å². The molecule has 33 heavy (non-hydrogen) atoms. The van der Waals surface area contributed by atoms with Crippen molar-refractivity contribution in [2.24, 2.45) is 0 Å². The van der Waals surface area contributed by atoms with Crippen molar-refractivity contribution in [1.29, 1.82) is 0 Å². The van der Waals surface area contributed by atoms with Crippen molar-refractivity contribution in [3.8, 4) is 0 Å². The number of aliphatic hydroxyl groups excluding tert-OH is 1. The van der Waals surface area contributed by atoms with Crippen LogP contribution in [0.4, 0.5) is 0 Å². The van der Waals surface area contributed by atoms with Gasteiger partial charge in [-0.25, -0.2) is 0 Å². The molecule has 0 aliphatic heterocycles. The number of carbonyl (C=O) groups excluding carboxylic acids is 2. The van der Waals surface area contributed by atoms with Crippen LogP contribution < -0.4 is 47.9 Å². The van der Waals surface area contributed by atoms with E-state index in [4.69, 9.17) is 0 Å². The number of aliphatic carboxylic acids is 2. The first-order chi connectivity index (χ1) is 14.9. The summed E-state index contributed by atoms with van der Waals surface area (Å²) < 4.78 is 0. The maximum atomic E-state index is 10.2. The summed E-state index contributed by atoms with van der Waals surface area (Å²) >= 11 is 0. The van der Waals surface area contributed by atoms with Gasteiger partial charge in [-0.2, -0.15) is 0 Å². The largest absolute Gasteiger partial charge is 1.00 e. The molecular formula is C26H50Li2O5. The van der Waals surface area contributed by atoms with E-state index in [1.54, 1.807) is 0 Å². The smallest absolute Gasteiger partial charge is 0.550 e. The van der Waals surface area contributed by atoms with Crippen molar-refractivity contribution in [1.82, 2.24) is 0 Å². The molecule has 186 valence electrons. The Balaban J connectivity index is -0.000000298. The van der Waals surface area contributed by atoms with Crippen molar-refractivity contribution < 1.29 is 62.6 Å². The van der Waals surface area contributed by atoms with Gasteiger partial charge < -0.3 is 24.9 Å². The van der Waals surface area contributed by atoms with Gasteiger partial charge in [0.25, 0.3) is 0 Å². The number of aliphatic hydroxyl groups is 1. The standard InChI is InChI=1S/C18H36O3.C8H16O2.2Li/c1-2-3-4-11-14-17(19)15-12-9-7-5-6-8-10-13-16-18(20)21;1-2-3-4-5-6-7-8(9)10;;/h17,19H,2-16H2,1H3,(H,20,21);2-7H2,1H3,(H,9,10);;/q;;2*+1/p-2. The quantitative estimate of drug-likeness (QED) is 0.168. The summed E-state index contributed by atoms with van der Waals surface area (Å²) in [4.78, 5) is 20.1. The van der Waals surface area contributed by atoms with Gasteiger partial charge in [0.05, 0.1) is 6.10 Å². The summed E-state index contributed by atoms with van der Waals surface area (Å²) in [6.45, 7) is 4.35. The number of unbranched alkanes of at least 4 members (excludes halogenated alkanes) is 14. The van der Waals surface area contributed by atoms with Crippen molar-refractivity contribution in [3.63, 3.8) is 0 Å². The number of hydrogen-bond acceptors (Lipinski definition) is 5. The van der Waals surface area contributed by atoms with E-state index in [-0.39, 0.29) is 56.7 Å². The third-order valence-electron chi connectivity index (χ3n) is 5.54. The molecule has 1 atom stereocenters. The minimum atomic E-state index is -0.928. The van der Waals surface area contributed by atoms with E-state index in [0.29, 0.717) is 0 Å². The first-order valence-electron chi connectivity index (χ1n) is 13.0. The second kappa shape index (κ2) is 34.3. The van der Waals surface area contributed by atoms with E-state index in [1.807, 2.05) is 0 Å². The van der Waals surface area contributed by atoms with E-state index < -0.39 is 11.9 Å². The van der Waals surface area contributed by atoms with E-state index in [9.17, 15) is 24.9 Å². The van der Waals surface area contributed by atoms with Crippen LogP contribution in [0, 0.1) is 0 Å². The van der Waals surface area contributed by atoms with Gasteiger partial charge >= 0.3 is 37.7 Å². The fourth-order valence-corrected chi connectivity index (χ4v) is 3.53. The van der Waals surface area contributed by atoms with Gasteiger partial charge in [-0.15, -0.1) is 0 Å². The average molecular weight is 457 g/mol. The molecule has 1 unspecified atom stereocenters. The normalized spacial score (nSPS) is 10.9. The molecule has 1 N–H and O–H groups in total. The van der Waals surface area contributed by atoms with Crippen molar-refractivity contribution >= 4 is 11.9 Å². The van der Waals surface area contributed by atoms with Gasteiger partial charge in [0.15, 0.2) is 0 Å². The second-order valence-corrected chi connectivity index (χ2v) is 8.78. The molecule has 0 aliphatic rings. The Kier molecular flexibility index (Phi) is 41.8. The number of carboxylic acid groups (broad SMARTS) is 2. The van der Waals surface area contributed by atoms with E-state index in [0.717, 1.165) is 57.8 Å². The van der Waals surface area contributed by atoms with Gasteiger partial charge in [0.2, 0.25) is 0 Å². The minimum absolute atomic E-state index is 0. The monoisotopic (exact) mass is 456 g/mol. The zero-order valence-corrected chi connectivity index (χ0v) is 22.5. The zero-order chi connectivity index (χ0) is 23.6. The summed E-state index contributed by atoms with van der Waals surface area (Å²) in [5.74, 6) is -1.85. The van der Waals surface area contributed by atoms with E-state index in [1.165, 1.54) is 64.2 Å². The van der Waals surface area contributed by atoms with E-state index >= 15 is 0 Å². The molecule has 5 nitrogen and oxygen atoms in total. The third kappa shape index (κ3) is 42.7. The topological polar surface area (TPSA) is 100 Å². The fraction of sp³-hybridized carbons (Fsp3) is 0.923. The molecule has 0 saturated heterocycles. The van der Waals surface area contributed by atoms with Crippen molar-refractivity contribution in [3.05, 3.63) is 0 Å². The van der Waals surface area contributed by atoms with Crippen LogP contribution in [0.15, 0.2) is 0 Å². The van der Waals surface area contributed by atoms with Crippen molar-refractivity contribution in [2.45, 2.75) is 155 Å². The molecule has 0 rings (SSSR count). The second-order valence-electron chi connectivity index (χ2n) is 8.78. The van der Waals surface area contributed by atoms with Crippen LogP contribution in [0.25, 0.3) is 0 Å². The first kappa shape index (κ1) is 40.3. The minimum Gasteiger partial charge on any atom is -0.550 e. The first-order valence-corrected chi connectivity index (χ1v) is 13.0. The third-order valence-corrected chi connectivity index (χ3v) is 5.54. The summed E-state index contributed by atoms with van der Waals surface area (Å²) in [6.07, 6.45) is 21.5. The summed E-state index contributed by atoms with van der Waals surface area (Å²) in [7, 11) is 0. The van der Waals surface area contributed by atoms with Crippen LogP contribution >= 0.6 is 0 Å². The number of rotatable bonds is 22. The average Bonchev–Trinajstić information content (AvgIpc) is 2.72. The summed E-state index contributed by atoms with van der Waals surface area (Å²) in [5.41, 5.74) is 0. The SMILES string of the molecule is CCCCCCC(O)CCCCCCCCCCC(=O)[O-].CCCCCCCC(=O)[O-].[Li+].[Li+]. The van der Waals surface area contributed by atoms with Crippen LogP contribution in [-0.2, 0) is 9.59 Å². The molecule has 0 saturated carbocycles. The molecule has 0 fully saturated rings. The van der Waals surface area contributed by atoms with Gasteiger partial charge in [-0.05, 0) is 38.5 Å². The number of carbonyl (C=O) groups is 2. The van der Waals surface area contributed by atoms with Crippen molar-refractivity contribution in [2.75, 3.05) is 0 Å². The van der Waals surface area contributed by atoms with Gasteiger partial charge in [-0.1, -0.05) is 110 Å². The van der Waals surface area contributed by atoms with Crippen LogP contribution in [0.5, 0.6) is 0 Å². The maximum absolute atomic E-state index is 10.2. The Bertz CT molecular complexity index is 395. The predicted molar refractivity (Wildman–Crippen MR) is 124 cm³/mol. The molecular weight excluding hydrogens is 406 g/mol. The van der Waals surface area contributed by atoms with Gasteiger partial charge in [0, 0.05) is 11.9 Å². The van der Waals surface area contributed by atoms with Crippen LogP contribution in [0.3, 0.4) is 0 Å². The molecule has 0 spiro atoms. The molecule has 7 heteroatoms. The molecule has 0 amide bonds. The Morgan fingerprint density at radius 2 is 0.818 bits per heavy atom. The van der Waals surface area contributed by atoms with Crippen LogP contribution in [0.1, 0.15) is 149 Å². The maximum Gasteiger partial charge on any atom is 1.00 e. The number of carboxylic acids is 2. The fourth-order valence-electron chi connectivity index (χ4n) is 3.53. The van der Waals surface area contributed by atoms with E-state index in [2.05, 4.69) is 13.8 Å².